The van der Waals surface area contributed by atoms with Crippen LogP contribution in [-0.4, -0.2) is 60.9 Å². The number of carbonyl (C=O) groups is 3. The van der Waals surface area contributed by atoms with Gasteiger partial charge in [-0.1, -0.05) is 12.1 Å². The molecule has 2 N–H and O–H groups in total. The Balaban J connectivity index is 1.45. The second-order valence-electron chi connectivity index (χ2n) is 7.64. The first-order chi connectivity index (χ1) is 12.9. The molecule has 146 valence electrons. The topological polar surface area (TPSA) is 81.8 Å². The molecule has 0 unspecified atom stereocenters. The molecule has 1 aliphatic carbocycles. The van der Waals surface area contributed by atoms with Gasteiger partial charge in [0.05, 0.1) is 6.42 Å². The van der Waals surface area contributed by atoms with Gasteiger partial charge in [-0.25, -0.2) is 4.79 Å². The van der Waals surface area contributed by atoms with E-state index in [1.165, 1.54) is 0 Å². The van der Waals surface area contributed by atoms with Crippen molar-refractivity contribution in [3.63, 3.8) is 0 Å². The van der Waals surface area contributed by atoms with E-state index in [9.17, 15) is 14.4 Å². The first-order valence-corrected chi connectivity index (χ1v) is 9.58. The van der Waals surface area contributed by atoms with Crippen LogP contribution in [0, 0.1) is 5.92 Å². The molecule has 1 saturated heterocycles. The highest BCUT2D eigenvalue weighted by Crippen LogP contribution is 2.21. The monoisotopic (exact) mass is 372 g/mol. The minimum Gasteiger partial charge on any atom is -0.353 e. The average Bonchev–Trinajstić information content (AvgIpc) is 3.46. The van der Waals surface area contributed by atoms with Crippen LogP contribution in [0.15, 0.2) is 24.3 Å². The van der Waals surface area contributed by atoms with Crippen LogP contribution in [0.4, 0.5) is 10.5 Å². The third kappa shape index (κ3) is 5.45. The van der Waals surface area contributed by atoms with E-state index in [-0.39, 0.29) is 23.8 Å². The van der Waals surface area contributed by atoms with Crippen molar-refractivity contribution in [1.29, 1.82) is 0 Å². The summed E-state index contributed by atoms with van der Waals surface area (Å²) in [5.74, 6) is -0.0419. The fraction of sp³-hybridized carbons (Fsp3) is 0.550. The normalized spacial score (nSPS) is 17.3. The summed E-state index contributed by atoms with van der Waals surface area (Å²) in [6.45, 7) is 1.20. The van der Waals surface area contributed by atoms with Crippen molar-refractivity contribution in [2.24, 2.45) is 5.92 Å². The summed E-state index contributed by atoms with van der Waals surface area (Å²) in [6, 6.07) is 7.79. The Hall–Kier alpha value is -2.57. The first kappa shape index (κ1) is 19.2. The number of anilines is 1. The highest BCUT2D eigenvalue weighted by molar-refractivity contribution is 5.92. The molecule has 27 heavy (non-hydrogen) atoms. The number of urea groups is 1. The summed E-state index contributed by atoms with van der Waals surface area (Å²) in [5, 5.41) is 5.92. The number of carbonyl (C=O) groups excluding carboxylic acids is 3. The molecule has 4 amide bonds. The number of piperidine rings is 1. The quantitative estimate of drug-likeness (QED) is 0.827. The summed E-state index contributed by atoms with van der Waals surface area (Å²) in [7, 11) is 3.47. The predicted octanol–water partition coefficient (Wildman–Crippen LogP) is 1.84. The lowest BCUT2D eigenvalue weighted by Gasteiger charge is -2.33. The van der Waals surface area contributed by atoms with Crippen LogP contribution in [0.25, 0.3) is 0 Å². The maximum absolute atomic E-state index is 12.5. The molecule has 1 heterocycles. The maximum Gasteiger partial charge on any atom is 0.319 e. The fourth-order valence-electron chi connectivity index (χ4n) is 3.26. The van der Waals surface area contributed by atoms with Gasteiger partial charge < -0.3 is 20.4 Å². The molecule has 0 aromatic heterocycles. The predicted molar refractivity (Wildman–Crippen MR) is 103 cm³/mol. The van der Waals surface area contributed by atoms with Crippen LogP contribution in [0.2, 0.25) is 0 Å². The van der Waals surface area contributed by atoms with Crippen LogP contribution >= 0.6 is 0 Å². The van der Waals surface area contributed by atoms with Crippen molar-refractivity contribution in [3.8, 4) is 0 Å². The number of nitrogens with zero attached hydrogens (tertiary/aromatic N) is 2. The van der Waals surface area contributed by atoms with Gasteiger partial charge in [0.15, 0.2) is 0 Å². The number of hydrogen-bond acceptors (Lipinski definition) is 3. The minimum absolute atomic E-state index is 0.00447. The highest BCUT2D eigenvalue weighted by Gasteiger charge is 2.28. The smallest absolute Gasteiger partial charge is 0.319 e. The summed E-state index contributed by atoms with van der Waals surface area (Å²) in [4.78, 5) is 39.6. The van der Waals surface area contributed by atoms with Gasteiger partial charge in [-0.3, -0.25) is 9.59 Å². The van der Waals surface area contributed by atoms with Gasteiger partial charge in [-0.05, 0) is 43.4 Å². The number of rotatable bonds is 5. The molecule has 1 saturated carbocycles. The number of amides is 4. The standard InChI is InChI=1S/C20H28N4O3/c1-23(2)20(27)24-11-9-15(10-12-24)19(26)22-17-5-3-14(4-6-17)13-18(25)21-16-7-8-16/h3-6,15-16H,7-13H2,1-2H3,(H,21,25)(H,22,26). The molecule has 2 aliphatic rings. The molecule has 1 aromatic carbocycles. The fourth-order valence-corrected chi connectivity index (χ4v) is 3.26. The number of nitrogens with one attached hydrogen (secondary N) is 2. The van der Waals surface area contributed by atoms with Gasteiger partial charge in [0.2, 0.25) is 11.8 Å². The van der Waals surface area contributed by atoms with E-state index < -0.39 is 0 Å². The van der Waals surface area contributed by atoms with Crippen molar-refractivity contribution in [2.75, 3.05) is 32.5 Å². The van der Waals surface area contributed by atoms with Gasteiger partial charge in [-0.15, -0.1) is 0 Å². The van der Waals surface area contributed by atoms with Crippen molar-refractivity contribution in [1.82, 2.24) is 15.1 Å². The van der Waals surface area contributed by atoms with Gasteiger partial charge in [-0.2, -0.15) is 0 Å². The van der Waals surface area contributed by atoms with Crippen LogP contribution in [0.3, 0.4) is 0 Å². The van der Waals surface area contributed by atoms with Crippen LogP contribution in [0.5, 0.6) is 0 Å². The van der Waals surface area contributed by atoms with Gasteiger partial charge in [0, 0.05) is 44.8 Å². The minimum atomic E-state index is -0.0831. The lowest BCUT2D eigenvalue weighted by atomic mass is 9.96. The molecule has 1 aliphatic heterocycles. The van der Waals surface area contributed by atoms with Crippen LogP contribution in [0.1, 0.15) is 31.2 Å². The van der Waals surface area contributed by atoms with Crippen molar-refractivity contribution < 1.29 is 14.4 Å². The van der Waals surface area contributed by atoms with Gasteiger partial charge in [0.25, 0.3) is 0 Å². The molecule has 0 bridgehead atoms. The number of benzene rings is 1. The Labute approximate surface area is 160 Å². The SMILES string of the molecule is CN(C)C(=O)N1CCC(C(=O)Nc2ccc(CC(=O)NC3CC3)cc2)CC1. The number of hydrogen-bond donors (Lipinski definition) is 2. The molecule has 0 atom stereocenters. The molecule has 3 rings (SSSR count). The van der Waals surface area contributed by atoms with E-state index in [1.807, 2.05) is 24.3 Å². The van der Waals surface area contributed by atoms with E-state index in [0.29, 0.717) is 38.4 Å². The Morgan fingerprint density at radius 1 is 1.04 bits per heavy atom. The molecule has 7 nitrogen and oxygen atoms in total. The zero-order chi connectivity index (χ0) is 19.4. The van der Waals surface area contributed by atoms with E-state index in [2.05, 4.69) is 10.6 Å². The summed E-state index contributed by atoms with van der Waals surface area (Å²) >= 11 is 0. The number of likely N-dealkylation sites (tertiary alicyclic amines) is 1. The summed E-state index contributed by atoms with van der Waals surface area (Å²) in [6.07, 6.45) is 3.87. The van der Waals surface area contributed by atoms with Gasteiger partial charge >= 0.3 is 6.03 Å². The molecule has 7 heteroatoms. The lowest BCUT2D eigenvalue weighted by molar-refractivity contribution is -0.121. The molecule has 0 spiro atoms. The zero-order valence-electron chi connectivity index (χ0n) is 16.0. The highest BCUT2D eigenvalue weighted by atomic mass is 16.2. The Morgan fingerprint density at radius 2 is 1.67 bits per heavy atom. The third-order valence-corrected chi connectivity index (χ3v) is 5.05. The third-order valence-electron chi connectivity index (χ3n) is 5.05. The zero-order valence-corrected chi connectivity index (χ0v) is 16.0. The molecular formula is C20H28N4O3. The Bertz CT molecular complexity index is 690. The second-order valence-corrected chi connectivity index (χ2v) is 7.64. The van der Waals surface area contributed by atoms with Crippen molar-refractivity contribution in [2.45, 2.75) is 38.1 Å². The second kappa shape index (κ2) is 8.41. The van der Waals surface area contributed by atoms with E-state index in [1.54, 1.807) is 23.9 Å². The van der Waals surface area contributed by atoms with Gasteiger partial charge in [0.1, 0.15) is 0 Å². The Morgan fingerprint density at radius 3 is 2.22 bits per heavy atom. The van der Waals surface area contributed by atoms with E-state index >= 15 is 0 Å². The summed E-state index contributed by atoms with van der Waals surface area (Å²) in [5.41, 5.74) is 1.67. The first-order valence-electron chi connectivity index (χ1n) is 9.58. The Kier molecular flexibility index (Phi) is 5.98. The largest absolute Gasteiger partial charge is 0.353 e. The van der Waals surface area contributed by atoms with Crippen molar-refractivity contribution >= 4 is 23.5 Å². The van der Waals surface area contributed by atoms with Crippen LogP contribution in [-0.2, 0) is 16.0 Å². The summed E-state index contributed by atoms with van der Waals surface area (Å²) < 4.78 is 0. The molecule has 1 aromatic rings. The van der Waals surface area contributed by atoms with Crippen molar-refractivity contribution in [3.05, 3.63) is 29.8 Å². The molecule has 2 fully saturated rings. The lowest BCUT2D eigenvalue weighted by Crippen LogP contribution is -2.45. The average molecular weight is 372 g/mol. The van der Waals surface area contributed by atoms with E-state index in [4.69, 9.17) is 0 Å². The molecular weight excluding hydrogens is 344 g/mol. The van der Waals surface area contributed by atoms with E-state index in [0.717, 1.165) is 24.1 Å². The maximum atomic E-state index is 12.5. The molecule has 0 radical (unpaired) electrons. The van der Waals surface area contributed by atoms with Crippen LogP contribution < -0.4 is 10.6 Å².